The summed E-state index contributed by atoms with van der Waals surface area (Å²) in [5.74, 6) is 0.825. The molecule has 0 N–H and O–H groups in total. The Morgan fingerprint density at radius 3 is 2.18 bits per heavy atom. The molecule has 0 fully saturated rings. The number of nitrogens with zero attached hydrogens (tertiary/aromatic N) is 2. The third kappa shape index (κ3) is 3.81. The lowest BCUT2D eigenvalue weighted by atomic mass is 9.99. The lowest BCUT2D eigenvalue weighted by Crippen LogP contribution is -1.86. The molecule has 0 bridgehead atoms. The predicted molar refractivity (Wildman–Crippen MR) is 134 cm³/mol. The predicted octanol–water partition coefficient (Wildman–Crippen LogP) is 7.89. The fourth-order valence-corrected chi connectivity index (χ4v) is 4.13. The van der Waals surface area contributed by atoms with E-state index in [-0.39, 0.29) is 0 Å². The molecule has 0 amide bonds. The van der Waals surface area contributed by atoms with Crippen LogP contribution in [0.3, 0.4) is 0 Å². The van der Waals surface area contributed by atoms with Gasteiger partial charge in [0.15, 0.2) is 0 Å². The molecular weight excluding hydrogens is 404 g/mol. The first-order valence-corrected chi connectivity index (χ1v) is 10.9. The van der Waals surface area contributed by atoms with Gasteiger partial charge in [-0.1, -0.05) is 54.6 Å². The van der Waals surface area contributed by atoms with Crippen molar-refractivity contribution in [3.63, 3.8) is 0 Å². The molecule has 0 aliphatic rings. The van der Waals surface area contributed by atoms with E-state index in [1.165, 1.54) is 5.56 Å². The number of fused-ring (bicyclic) bond motifs is 1. The molecule has 0 radical (unpaired) electrons. The van der Waals surface area contributed by atoms with E-state index in [1.54, 1.807) is 6.20 Å². The summed E-state index contributed by atoms with van der Waals surface area (Å²) in [5.41, 5.74) is 8.52. The van der Waals surface area contributed by atoms with Crippen LogP contribution in [0, 0.1) is 0 Å². The molecule has 156 valence electrons. The van der Waals surface area contributed by atoms with E-state index in [0.717, 1.165) is 50.2 Å². The Morgan fingerprint density at radius 1 is 0.515 bits per heavy atom. The van der Waals surface area contributed by atoms with Gasteiger partial charge in [-0.25, -0.2) is 0 Å². The summed E-state index contributed by atoms with van der Waals surface area (Å²) in [5, 5.41) is 1.07. The Kier molecular flexibility index (Phi) is 4.78. The smallest absolute Gasteiger partial charge is 0.136 e. The van der Waals surface area contributed by atoms with Crippen molar-refractivity contribution in [2.45, 2.75) is 0 Å². The molecule has 3 heterocycles. The van der Waals surface area contributed by atoms with Crippen LogP contribution in [0.4, 0.5) is 0 Å². The van der Waals surface area contributed by atoms with Gasteiger partial charge in [0.05, 0.1) is 5.69 Å². The number of pyridine rings is 2. The summed E-state index contributed by atoms with van der Waals surface area (Å²) >= 11 is 0. The summed E-state index contributed by atoms with van der Waals surface area (Å²) < 4.78 is 6.04. The maximum Gasteiger partial charge on any atom is 0.136 e. The van der Waals surface area contributed by atoms with Gasteiger partial charge in [-0.2, -0.15) is 0 Å². The highest BCUT2D eigenvalue weighted by Gasteiger charge is 2.09. The van der Waals surface area contributed by atoms with Gasteiger partial charge in [-0.05, 0) is 70.8 Å². The highest BCUT2D eigenvalue weighted by atomic mass is 16.3. The minimum absolute atomic E-state index is 0.825. The van der Waals surface area contributed by atoms with Gasteiger partial charge < -0.3 is 4.42 Å². The van der Waals surface area contributed by atoms with Gasteiger partial charge >= 0.3 is 0 Å². The first-order chi connectivity index (χ1) is 16.3. The monoisotopic (exact) mass is 424 g/mol. The van der Waals surface area contributed by atoms with E-state index in [9.17, 15) is 0 Å². The van der Waals surface area contributed by atoms with Gasteiger partial charge in [0.1, 0.15) is 11.3 Å². The topological polar surface area (TPSA) is 38.9 Å². The Balaban J connectivity index is 1.36. The van der Waals surface area contributed by atoms with Crippen molar-refractivity contribution in [3.05, 3.63) is 122 Å². The SMILES string of the molecule is c1ccc(-c2ccnc(-c3cccc(-c4ccc5oc(-c6cccnc6)cc5c4)c3)c2)cc1. The van der Waals surface area contributed by atoms with Crippen molar-refractivity contribution < 1.29 is 4.42 Å². The van der Waals surface area contributed by atoms with Crippen molar-refractivity contribution in [1.82, 2.24) is 9.97 Å². The number of benzene rings is 3. The summed E-state index contributed by atoms with van der Waals surface area (Å²) in [6.45, 7) is 0. The van der Waals surface area contributed by atoms with Gasteiger partial charge in [-0.3, -0.25) is 9.97 Å². The molecule has 3 aromatic carbocycles. The van der Waals surface area contributed by atoms with E-state index in [1.807, 2.05) is 36.7 Å². The maximum atomic E-state index is 6.04. The van der Waals surface area contributed by atoms with Crippen molar-refractivity contribution in [2.75, 3.05) is 0 Å². The number of furan rings is 1. The molecule has 0 aliphatic heterocycles. The largest absolute Gasteiger partial charge is 0.456 e. The van der Waals surface area contributed by atoms with E-state index in [0.29, 0.717) is 0 Å². The van der Waals surface area contributed by atoms with E-state index >= 15 is 0 Å². The number of rotatable bonds is 4. The molecule has 6 aromatic rings. The second-order valence-electron chi connectivity index (χ2n) is 7.98. The van der Waals surface area contributed by atoms with Crippen LogP contribution in [0.1, 0.15) is 0 Å². The summed E-state index contributed by atoms with van der Waals surface area (Å²) in [4.78, 5) is 8.83. The minimum Gasteiger partial charge on any atom is -0.456 e. The van der Waals surface area contributed by atoms with Gasteiger partial charge in [0, 0.05) is 35.1 Å². The third-order valence-electron chi connectivity index (χ3n) is 5.82. The fourth-order valence-electron chi connectivity index (χ4n) is 4.13. The lowest BCUT2D eigenvalue weighted by molar-refractivity contribution is 0.631. The Labute approximate surface area is 192 Å². The molecule has 0 unspecified atom stereocenters. The second-order valence-corrected chi connectivity index (χ2v) is 7.98. The summed E-state index contributed by atoms with van der Waals surface area (Å²) in [7, 11) is 0. The molecule has 3 nitrogen and oxygen atoms in total. The first-order valence-electron chi connectivity index (χ1n) is 10.9. The van der Waals surface area contributed by atoms with Crippen LogP contribution in [-0.2, 0) is 0 Å². The average molecular weight is 425 g/mol. The molecule has 6 rings (SSSR count). The van der Waals surface area contributed by atoms with Crippen molar-refractivity contribution in [2.24, 2.45) is 0 Å². The first kappa shape index (κ1) is 19.2. The number of hydrogen-bond acceptors (Lipinski definition) is 3. The number of aromatic nitrogens is 2. The zero-order valence-corrected chi connectivity index (χ0v) is 17.8. The van der Waals surface area contributed by atoms with Crippen molar-refractivity contribution in [3.8, 4) is 44.8 Å². The van der Waals surface area contributed by atoms with Gasteiger partial charge in [-0.15, -0.1) is 0 Å². The Bertz CT molecular complexity index is 1550. The van der Waals surface area contributed by atoms with Crippen LogP contribution >= 0.6 is 0 Å². The molecule has 0 spiro atoms. The fraction of sp³-hybridized carbons (Fsp3) is 0. The number of hydrogen-bond donors (Lipinski definition) is 0. The Morgan fingerprint density at radius 2 is 1.30 bits per heavy atom. The van der Waals surface area contributed by atoms with Crippen LogP contribution in [-0.4, -0.2) is 9.97 Å². The zero-order chi connectivity index (χ0) is 22.0. The molecular formula is C30H20N2O. The van der Waals surface area contributed by atoms with Crippen LogP contribution in [0.25, 0.3) is 55.8 Å². The molecule has 0 aliphatic carbocycles. The van der Waals surface area contributed by atoms with Crippen LogP contribution in [0.5, 0.6) is 0 Å². The molecule has 0 saturated heterocycles. The van der Waals surface area contributed by atoms with E-state index < -0.39 is 0 Å². The van der Waals surface area contributed by atoms with Crippen LogP contribution in [0.2, 0.25) is 0 Å². The summed E-state index contributed by atoms with van der Waals surface area (Å²) in [6.07, 6.45) is 5.46. The normalized spacial score (nSPS) is 11.0. The molecule has 0 saturated carbocycles. The minimum atomic E-state index is 0.825. The van der Waals surface area contributed by atoms with E-state index in [4.69, 9.17) is 4.42 Å². The molecule has 0 atom stereocenters. The van der Waals surface area contributed by atoms with Crippen molar-refractivity contribution in [1.29, 1.82) is 0 Å². The van der Waals surface area contributed by atoms with Crippen LogP contribution < -0.4 is 0 Å². The lowest BCUT2D eigenvalue weighted by Gasteiger charge is -2.08. The highest BCUT2D eigenvalue weighted by molar-refractivity contribution is 5.88. The molecule has 3 heteroatoms. The van der Waals surface area contributed by atoms with Crippen LogP contribution in [0.15, 0.2) is 126 Å². The average Bonchev–Trinajstić information content (AvgIpc) is 3.34. The van der Waals surface area contributed by atoms with E-state index in [2.05, 4.69) is 88.8 Å². The third-order valence-corrected chi connectivity index (χ3v) is 5.82. The van der Waals surface area contributed by atoms with Crippen molar-refractivity contribution >= 4 is 11.0 Å². The Hall–Kier alpha value is -4.50. The summed E-state index contributed by atoms with van der Waals surface area (Å²) in [6, 6.07) is 35.4. The van der Waals surface area contributed by atoms with Gasteiger partial charge in [0.2, 0.25) is 0 Å². The van der Waals surface area contributed by atoms with Gasteiger partial charge in [0.25, 0.3) is 0 Å². The quantitative estimate of drug-likeness (QED) is 0.289. The second kappa shape index (κ2) is 8.21. The standard InChI is InChI=1S/C30H20N2O/c1-2-6-21(7-3-1)24-13-15-32-28(18-24)25-9-4-8-22(16-25)23-11-12-29-27(17-23)19-30(33-29)26-10-5-14-31-20-26/h1-20H. The molecule has 33 heavy (non-hydrogen) atoms. The highest BCUT2D eigenvalue weighted by Crippen LogP contribution is 2.32. The zero-order valence-electron chi connectivity index (χ0n) is 17.8. The molecule has 3 aromatic heterocycles. The maximum absolute atomic E-state index is 6.04.